The zero-order chi connectivity index (χ0) is 43.2. The number of anilines is 4. The van der Waals surface area contributed by atoms with Gasteiger partial charge in [0.2, 0.25) is 0 Å². The molecule has 2 bridgehead atoms. The van der Waals surface area contributed by atoms with E-state index in [0.717, 1.165) is 97.9 Å². The predicted octanol–water partition coefficient (Wildman–Crippen LogP) is 7.53. The minimum Gasteiger partial charge on any atom is -0.497 e. The average molecular weight is 861 g/mol. The predicted molar refractivity (Wildman–Crippen MR) is 243 cm³/mol. The summed E-state index contributed by atoms with van der Waals surface area (Å²) < 4.78 is 13.4. The largest absolute Gasteiger partial charge is 0.497 e. The Hall–Kier alpha value is -4.70. The first-order valence-corrected chi connectivity index (χ1v) is 23.2. The number of likely N-dealkylation sites (N-methyl/N-ethyl adjacent to an activating group) is 1. The molecule has 1 spiro atoms. The number of fused-ring (bicyclic) bond motifs is 3. The van der Waals surface area contributed by atoms with Gasteiger partial charge in [0, 0.05) is 91.5 Å². The highest BCUT2D eigenvalue weighted by Crippen LogP contribution is 2.91. The van der Waals surface area contributed by atoms with Crippen molar-refractivity contribution in [3.05, 3.63) is 58.4 Å². The Morgan fingerprint density at radius 3 is 2.60 bits per heavy atom. The van der Waals surface area contributed by atoms with Crippen LogP contribution in [0, 0.1) is 40.4 Å². The topological polar surface area (TPSA) is 165 Å². The molecule has 0 amide bonds. The number of pyridine rings is 1. The number of piperazine rings is 1. The van der Waals surface area contributed by atoms with Gasteiger partial charge in [0.15, 0.2) is 22.5 Å². The number of aromatic nitrogens is 4. The fourth-order valence-electron chi connectivity index (χ4n) is 13.6. The van der Waals surface area contributed by atoms with Gasteiger partial charge in [0.1, 0.15) is 11.6 Å². The normalized spacial score (nSPS) is 30.5. The van der Waals surface area contributed by atoms with Gasteiger partial charge in [-0.05, 0) is 113 Å². The van der Waals surface area contributed by atoms with Crippen molar-refractivity contribution < 1.29 is 19.4 Å². The molecule has 10 rings (SSSR count). The molecule has 1 aromatic carbocycles. The summed E-state index contributed by atoms with van der Waals surface area (Å²) in [6.45, 7) is 16.9. The summed E-state index contributed by atoms with van der Waals surface area (Å²) in [6, 6.07) is 9.47. The lowest BCUT2D eigenvalue weighted by atomic mass is 9.24. The summed E-state index contributed by atoms with van der Waals surface area (Å²) in [5.41, 5.74) is 5.41. The molecule has 328 valence electrons. The van der Waals surface area contributed by atoms with Crippen LogP contribution in [-0.4, -0.2) is 119 Å². The number of hydrogen-bond donors (Lipinski definition) is 4. The number of rotatable bonds is 14. The summed E-state index contributed by atoms with van der Waals surface area (Å²) in [7, 11) is 3.85. The molecule has 4 aliphatic carbocycles. The highest BCUT2D eigenvalue weighted by Gasteiger charge is 2.89. The van der Waals surface area contributed by atoms with Gasteiger partial charge < -0.3 is 40.4 Å². The molecule has 15 heteroatoms. The van der Waals surface area contributed by atoms with E-state index in [2.05, 4.69) is 51.5 Å². The maximum Gasteiger partial charge on any atom is 0.355 e. The third kappa shape index (κ3) is 6.35. The summed E-state index contributed by atoms with van der Waals surface area (Å²) in [4.78, 5) is 29.3. The number of nitrogens with zero attached hydrogens (tertiary/aromatic N) is 7. The quantitative estimate of drug-likeness (QED) is 0.0921. The van der Waals surface area contributed by atoms with Crippen LogP contribution in [0.25, 0.3) is 15.8 Å². The minimum absolute atomic E-state index is 0.0429. The Morgan fingerprint density at radius 2 is 1.84 bits per heavy atom. The first-order valence-electron chi connectivity index (χ1n) is 22.4. The van der Waals surface area contributed by atoms with Gasteiger partial charge in [-0.3, -0.25) is 4.90 Å². The van der Waals surface area contributed by atoms with Crippen LogP contribution in [0.4, 0.5) is 22.6 Å². The average Bonchev–Trinajstić information content (AvgIpc) is 3.80. The van der Waals surface area contributed by atoms with Crippen LogP contribution < -0.4 is 20.3 Å². The second kappa shape index (κ2) is 15.2. The fraction of sp³-hybridized carbons (Fsp3) is 0.574. The van der Waals surface area contributed by atoms with E-state index in [9.17, 15) is 9.90 Å². The number of nitrogens with one attached hydrogen (secondary N) is 3. The number of ether oxygens (including phenoxy) is 2. The van der Waals surface area contributed by atoms with Crippen LogP contribution in [0.5, 0.6) is 5.75 Å². The Morgan fingerprint density at radius 1 is 1.05 bits per heavy atom. The molecule has 4 aromatic rings. The molecule has 0 radical (unpaired) electrons. The minimum atomic E-state index is -1.14. The lowest BCUT2D eigenvalue weighted by Gasteiger charge is -2.83. The van der Waals surface area contributed by atoms with E-state index in [1.54, 1.807) is 13.2 Å². The molecule has 2 aliphatic heterocycles. The first-order chi connectivity index (χ1) is 29.8. The fourth-order valence-corrected chi connectivity index (χ4v) is 14.4. The van der Waals surface area contributed by atoms with E-state index >= 15 is 0 Å². The first kappa shape index (κ1) is 41.3. The van der Waals surface area contributed by atoms with Crippen molar-refractivity contribution in [1.29, 1.82) is 5.41 Å². The van der Waals surface area contributed by atoms with Crippen molar-refractivity contribution >= 4 is 61.9 Å². The second-order valence-electron chi connectivity index (χ2n) is 19.6. The van der Waals surface area contributed by atoms with Crippen molar-refractivity contribution in [1.82, 2.24) is 35.3 Å². The summed E-state index contributed by atoms with van der Waals surface area (Å²) in [5.74, 6) is 2.53. The number of allylic oxidation sites excluding steroid dienone is 2. The highest BCUT2D eigenvalue weighted by molar-refractivity contribution is 7.22. The van der Waals surface area contributed by atoms with Crippen LogP contribution >= 0.6 is 11.3 Å². The van der Waals surface area contributed by atoms with Gasteiger partial charge in [0.25, 0.3) is 0 Å². The Bertz CT molecular complexity index is 2490. The van der Waals surface area contributed by atoms with E-state index in [-0.39, 0.29) is 22.1 Å². The third-order valence-electron chi connectivity index (χ3n) is 16.3. The summed E-state index contributed by atoms with van der Waals surface area (Å²) >= 11 is 1.54. The Balaban J connectivity index is 0.831. The van der Waals surface area contributed by atoms with E-state index in [0.29, 0.717) is 57.5 Å². The zero-order valence-corrected chi connectivity index (χ0v) is 37.8. The van der Waals surface area contributed by atoms with E-state index in [1.165, 1.54) is 43.2 Å². The van der Waals surface area contributed by atoms with E-state index in [1.807, 2.05) is 43.0 Å². The van der Waals surface area contributed by atoms with Gasteiger partial charge in [-0.15, -0.1) is 10.2 Å². The number of carboxylic acid groups (broad SMARTS) is 1. The van der Waals surface area contributed by atoms with Crippen molar-refractivity contribution in [3.8, 4) is 5.75 Å². The number of aromatic carboxylic acids is 1. The molecular weight excluding hydrogens is 801 g/mol. The smallest absolute Gasteiger partial charge is 0.355 e. The number of benzene rings is 1. The maximum atomic E-state index is 12.9. The maximum absolute atomic E-state index is 12.9. The molecule has 3 aromatic heterocycles. The summed E-state index contributed by atoms with van der Waals surface area (Å²) in [5, 5.41) is 36.1. The van der Waals surface area contributed by atoms with Crippen LogP contribution in [0.15, 0.2) is 36.0 Å². The van der Waals surface area contributed by atoms with E-state index in [4.69, 9.17) is 24.9 Å². The highest BCUT2D eigenvalue weighted by atomic mass is 32.1. The van der Waals surface area contributed by atoms with Crippen molar-refractivity contribution in [2.24, 2.45) is 28.1 Å². The molecule has 5 fully saturated rings. The van der Waals surface area contributed by atoms with Gasteiger partial charge in [-0.2, -0.15) is 0 Å². The van der Waals surface area contributed by atoms with Crippen molar-refractivity contribution in [2.45, 2.75) is 78.2 Å². The number of hydrogen-bond acceptors (Lipinski definition) is 14. The molecular formula is C47H60N10O4S. The number of carboxylic acids is 1. The molecule has 6 atom stereocenters. The molecule has 6 unspecified atom stereocenters. The monoisotopic (exact) mass is 860 g/mol. The molecule has 4 N–H and O–H groups in total. The second-order valence-corrected chi connectivity index (χ2v) is 20.7. The van der Waals surface area contributed by atoms with Gasteiger partial charge in [0.05, 0.1) is 29.5 Å². The molecule has 6 aliphatic rings. The molecule has 1 saturated heterocycles. The van der Waals surface area contributed by atoms with Crippen LogP contribution in [0.3, 0.4) is 0 Å². The van der Waals surface area contributed by atoms with Crippen molar-refractivity contribution in [2.75, 3.05) is 76.8 Å². The molecule has 62 heavy (non-hydrogen) atoms. The molecule has 4 saturated carbocycles. The SMILES string of the molecule is COc1ccc2sc(Nc3nnc4c(c3C)CCCN4c3ccc(/C(C=N)=C(\C)NCC4CC5(C)CC6(OCCN7CCN(C)CC7)CC7(C)CC4CC576)c(C(=O)O)n3)nc2c1. The molecule has 5 heterocycles. The Labute approximate surface area is 368 Å². The van der Waals surface area contributed by atoms with Crippen LogP contribution in [-0.2, 0) is 11.2 Å². The van der Waals surface area contributed by atoms with E-state index < -0.39 is 5.97 Å². The van der Waals surface area contributed by atoms with Gasteiger partial charge in [-0.25, -0.2) is 14.8 Å². The third-order valence-corrected chi connectivity index (χ3v) is 17.2. The lowest BCUT2D eigenvalue weighted by molar-refractivity contribution is -0.404. The Kier molecular flexibility index (Phi) is 10.2. The number of methoxy groups -OCH3 is 1. The zero-order valence-electron chi connectivity index (χ0n) is 36.9. The number of thiazole rings is 1. The van der Waals surface area contributed by atoms with Crippen LogP contribution in [0.1, 0.15) is 86.5 Å². The van der Waals surface area contributed by atoms with Crippen molar-refractivity contribution in [3.63, 3.8) is 0 Å². The van der Waals surface area contributed by atoms with Gasteiger partial charge in [-0.1, -0.05) is 25.2 Å². The standard InChI is InChI=1S/C47H60N10O4S/c1-28-33-8-7-13-57(41(33)54-53-40(28)52-43-50-36-20-32(60-6)9-11-37(36)62-43)38-12-10-34(39(51-38)42(58)59)35(24-48)29(2)49-25-31-22-45(4)27-46(26-44(3)21-30(31)23-47(44,45)46)61-19-18-56-16-14-55(5)15-17-56/h9-12,20,24,30-31,48-49H,7-8,13-19,21-23,25-27H2,1-6H3,(H,58,59)(H,50,52,53)/b35-29+,48-24?. The molecule has 14 nitrogen and oxygen atoms in total. The lowest BCUT2D eigenvalue weighted by Crippen LogP contribution is -2.83. The number of carbonyl (C=O) groups is 1. The van der Waals surface area contributed by atoms with Crippen LogP contribution in [0.2, 0.25) is 0 Å². The van der Waals surface area contributed by atoms with Gasteiger partial charge >= 0.3 is 5.97 Å². The summed E-state index contributed by atoms with van der Waals surface area (Å²) in [6.07, 6.45) is 8.89.